The van der Waals surface area contributed by atoms with Crippen molar-refractivity contribution in [3.05, 3.63) is 42.6 Å². The van der Waals surface area contributed by atoms with Crippen LogP contribution in [0, 0.1) is 0 Å². The SMILES string of the molecule is C/C=C/C=C/C(=O)Nc1cc(OC)ccn1. The maximum absolute atomic E-state index is 11.4. The fourth-order valence-corrected chi connectivity index (χ4v) is 1.03. The van der Waals surface area contributed by atoms with Crippen LogP contribution in [0.4, 0.5) is 5.82 Å². The van der Waals surface area contributed by atoms with E-state index in [-0.39, 0.29) is 5.91 Å². The molecule has 0 fully saturated rings. The summed E-state index contributed by atoms with van der Waals surface area (Å²) in [7, 11) is 1.56. The molecule has 0 aromatic carbocycles. The molecule has 0 aliphatic heterocycles. The number of ether oxygens (including phenoxy) is 1. The number of methoxy groups -OCH3 is 1. The van der Waals surface area contributed by atoms with Crippen LogP contribution in [-0.2, 0) is 4.79 Å². The molecule has 0 unspecified atom stereocenters. The van der Waals surface area contributed by atoms with E-state index in [0.29, 0.717) is 11.6 Å². The Balaban J connectivity index is 2.62. The van der Waals surface area contributed by atoms with E-state index in [4.69, 9.17) is 4.74 Å². The number of amides is 1. The van der Waals surface area contributed by atoms with Gasteiger partial charge in [0.1, 0.15) is 11.6 Å². The van der Waals surface area contributed by atoms with E-state index in [1.807, 2.05) is 13.0 Å². The smallest absolute Gasteiger partial charge is 0.249 e. The van der Waals surface area contributed by atoms with Crippen molar-refractivity contribution in [2.75, 3.05) is 12.4 Å². The Morgan fingerprint density at radius 1 is 1.50 bits per heavy atom. The average molecular weight is 218 g/mol. The second kappa shape index (κ2) is 6.40. The van der Waals surface area contributed by atoms with Crippen LogP contribution in [0.25, 0.3) is 0 Å². The Bertz CT molecular complexity index is 411. The molecule has 1 aromatic heterocycles. The number of nitrogens with zero attached hydrogens (tertiary/aromatic N) is 1. The maximum Gasteiger partial charge on any atom is 0.249 e. The lowest BCUT2D eigenvalue weighted by molar-refractivity contribution is -0.111. The zero-order valence-corrected chi connectivity index (χ0v) is 9.31. The molecule has 0 bridgehead atoms. The quantitative estimate of drug-likeness (QED) is 0.622. The fraction of sp³-hybridized carbons (Fsp3) is 0.167. The second-order valence-electron chi connectivity index (χ2n) is 2.96. The lowest BCUT2D eigenvalue weighted by Crippen LogP contribution is -2.08. The number of pyridine rings is 1. The molecule has 4 nitrogen and oxygen atoms in total. The van der Waals surface area contributed by atoms with E-state index in [2.05, 4.69) is 10.3 Å². The predicted octanol–water partition coefficient (Wildman–Crippen LogP) is 2.16. The van der Waals surface area contributed by atoms with Crippen LogP contribution in [0.1, 0.15) is 6.92 Å². The summed E-state index contributed by atoms with van der Waals surface area (Å²) >= 11 is 0. The molecule has 1 heterocycles. The minimum Gasteiger partial charge on any atom is -0.497 e. The summed E-state index contributed by atoms with van der Waals surface area (Å²) in [5.74, 6) is 0.899. The van der Waals surface area contributed by atoms with Gasteiger partial charge in [-0.05, 0) is 13.0 Å². The Kier molecular flexibility index (Phi) is 4.79. The van der Waals surface area contributed by atoms with E-state index in [1.54, 1.807) is 37.6 Å². The van der Waals surface area contributed by atoms with Crippen LogP contribution in [0.15, 0.2) is 42.6 Å². The van der Waals surface area contributed by atoms with E-state index in [9.17, 15) is 4.79 Å². The van der Waals surface area contributed by atoms with Gasteiger partial charge in [-0.15, -0.1) is 0 Å². The number of aromatic nitrogens is 1. The largest absolute Gasteiger partial charge is 0.497 e. The molecule has 0 aliphatic rings. The molecule has 0 radical (unpaired) electrons. The second-order valence-corrected chi connectivity index (χ2v) is 2.96. The first kappa shape index (κ1) is 12.0. The molecule has 0 atom stereocenters. The van der Waals surface area contributed by atoms with Crippen molar-refractivity contribution in [2.24, 2.45) is 0 Å². The number of carbonyl (C=O) groups excluding carboxylic acids is 1. The molecule has 4 heteroatoms. The predicted molar refractivity (Wildman–Crippen MR) is 63.4 cm³/mol. The summed E-state index contributed by atoms with van der Waals surface area (Å²) in [6, 6.07) is 3.37. The molecule has 0 saturated heterocycles. The minimum atomic E-state index is -0.223. The van der Waals surface area contributed by atoms with Crippen LogP contribution in [0.5, 0.6) is 5.75 Å². The zero-order valence-electron chi connectivity index (χ0n) is 9.31. The van der Waals surface area contributed by atoms with Crippen LogP contribution in [0.2, 0.25) is 0 Å². The summed E-state index contributed by atoms with van der Waals surface area (Å²) in [5, 5.41) is 2.62. The molecule has 1 rings (SSSR count). The highest BCUT2D eigenvalue weighted by atomic mass is 16.5. The van der Waals surface area contributed by atoms with Gasteiger partial charge in [0.2, 0.25) is 5.91 Å². The highest BCUT2D eigenvalue weighted by Crippen LogP contribution is 2.13. The number of hydrogen-bond donors (Lipinski definition) is 1. The van der Waals surface area contributed by atoms with Gasteiger partial charge in [0, 0.05) is 18.3 Å². The average Bonchev–Trinajstić information content (AvgIpc) is 2.29. The molecule has 0 aliphatic carbocycles. The Morgan fingerprint density at radius 2 is 2.31 bits per heavy atom. The van der Waals surface area contributed by atoms with E-state index in [0.717, 1.165) is 0 Å². The van der Waals surface area contributed by atoms with E-state index in [1.165, 1.54) is 6.08 Å². The van der Waals surface area contributed by atoms with Crippen LogP contribution in [-0.4, -0.2) is 18.0 Å². The summed E-state index contributed by atoms with van der Waals surface area (Å²) in [5.41, 5.74) is 0. The van der Waals surface area contributed by atoms with Gasteiger partial charge >= 0.3 is 0 Å². The van der Waals surface area contributed by atoms with Gasteiger partial charge in [-0.2, -0.15) is 0 Å². The molecule has 1 N–H and O–H groups in total. The number of carbonyl (C=O) groups is 1. The third-order valence-corrected chi connectivity index (χ3v) is 1.77. The number of hydrogen-bond acceptors (Lipinski definition) is 3. The highest BCUT2D eigenvalue weighted by molar-refractivity contribution is 5.98. The van der Waals surface area contributed by atoms with Gasteiger partial charge in [-0.3, -0.25) is 4.79 Å². The number of nitrogens with one attached hydrogen (secondary N) is 1. The summed E-state index contributed by atoms with van der Waals surface area (Å²) in [6.07, 6.45) is 8.28. The number of allylic oxidation sites excluding steroid dienone is 3. The zero-order chi connectivity index (χ0) is 11.8. The van der Waals surface area contributed by atoms with Gasteiger partial charge in [0.25, 0.3) is 0 Å². The summed E-state index contributed by atoms with van der Waals surface area (Å²) < 4.78 is 5.01. The fourth-order valence-electron chi connectivity index (χ4n) is 1.03. The van der Waals surface area contributed by atoms with Crippen LogP contribution in [0.3, 0.4) is 0 Å². The number of rotatable bonds is 4. The van der Waals surface area contributed by atoms with Gasteiger partial charge < -0.3 is 10.1 Å². The monoisotopic (exact) mass is 218 g/mol. The van der Waals surface area contributed by atoms with Crippen molar-refractivity contribution in [2.45, 2.75) is 6.92 Å². The highest BCUT2D eigenvalue weighted by Gasteiger charge is 1.99. The molecule has 0 spiro atoms. The first-order valence-electron chi connectivity index (χ1n) is 4.86. The molecular formula is C12H14N2O2. The standard InChI is InChI=1S/C12H14N2O2/c1-3-4-5-6-12(15)14-11-9-10(16-2)7-8-13-11/h3-9H,1-2H3,(H,13,14,15)/b4-3+,6-5+. The van der Waals surface area contributed by atoms with Gasteiger partial charge in [0.05, 0.1) is 7.11 Å². The normalized spacial score (nSPS) is 10.9. The van der Waals surface area contributed by atoms with E-state index >= 15 is 0 Å². The third-order valence-electron chi connectivity index (χ3n) is 1.77. The lowest BCUT2D eigenvalue weighted by Gasteiger charge is -2.03. The van der Waals surface area contributed by atoms with Crippen molar-refractivity contribution in [3.63, 3.8) is 0 Å². The van der Waals surface area contributed by atoms with Crippen LogP contribution >= 0.6 is 0 Å². The molecule has 16 heavy (non-hydrogen) atoms. The molecule has 1 amide bonds. The topological polar surface area (TPSA) is 51.2 Å². The van der Waals surface area contributed by atoms with Crippen LogP contribution < -0.4 is 10.1 Å². The van der Waals surface area contributed by atoms with Gasteiger partial charge in [-0.1, -0.05) is 18.2 Å². The first-order chi connectivity index (χ1) is 7.76. The molecule has 84 valence electrons. The molecule has 0 saturated carbocycles. The number of anilines is 1. The first-order valence-corrected chi connectivity index (χ1v) is 4.86. The molecule has 1 aromatic rings. The maximum atomic E-state index is 11.4. The Labute approximate surface area is 94.7 Å². The van der Waals surface area contributed by atoms with Crippen molar-refractivity contribution in [3.8, 4) is 5.75 Å². The van der Waals surface area contributed by atoms with Crippen molar-refractivity contribution in [1.29, 1.82) is 0 Å². The van der Waals surface area contributed by atoms with Gasteiger partial charge in [0.15, 0.2) is 0 Å². The van der Waals surface area contributed by atoms with Gasteiger partial charge in [-0.25, -0.2) is 4.98 Å². The molecular weight excluding hydrogens is 204 g/mol. The third kappa shape index (κ3) is 3.96. The summed E-state index contributed by atoms with van der Waals surface area (Å²) in [6.45, 7) is 1.88. The summed E-state index contributed by atoms with van der Waals surface area (Å²) in [4.78, 5) is 15.4. The lowest BCUT2D eigenvalue weighted by atomic mass is 10.4. The van der Waals surface area contributed by atoms with Crippen molar-refractivity contribution < 1.29 is 9.53 Å². The van der Waals surface area contributed by atoms with Crippen molar-refractivity contribution >= 4 is 11.7 Å². The Morgan fingerprint density at radius 3 is 3.00 bits per heavy atom. The van der Waals surface area contributed by atoms with Crippen molar-refractivity contribution in [1.82, 2.24) is 4.98 Å². The Hall–Kier alpha value is -2.10. The minimum absolute atomic E-state index is 0.223. The van der Waals surface area contributed by atoms with E-state index < -0.39 is 0 Å².